The van der Waals surface area contributed by atoms with Crippen LogP contribution in [0.25, 0.3) is 0 Å². The maximum atomic E-state index is 9.62. The Morgan fingerprint density at radius 2 is 1.82 bits per heavy atom. The van der Waals surface area contributed by atoms with Gasteiger partial charge in [-0.05, 0) is 25.0 Å². The summed E-state index contributed by atoms with van der Waals surface area (Å²) in [5.74, 6) is 1.17. The molecule has 2 nitrogen and oxygen atoms in total. The Kier molecular flexibility index (Phi) is 7.77. The van der Waals surface area contributed by atoms with Gasteiger partial charge in [-0.3, -0.25) is 0 Å². The van der Waals surface area contributed by atoms with Crippen molar-refractivity contribution in [1.82, 2.24) is 5.32 Å². The third-order valence-corrected chi connectivity index (χ3v) is 4.27. The summed E-state index contributed by atoms with van der Waals surface area (Å²) in [5.41, 5.74) is -0.0768. The lowest BCUT2D eigenvalue weighted by molar-refractivity contribution is 0.137. The molecule has 0 aromatic rings. The van der Waals surface area contributed by atoms with Gasteiger partial charge in [0.15, 0.2) is 0 Å². The quantitative estimate of drug-likeness (QED) is 0.657. The molecule has 0 aliphatic heterocycles. The maximum Gasteiger partial charge on any atom is 0.0613 e. The first-order chi connectivity index (χ1) is 7.74. The third kappa shape index (κ3) is 8.06. The summed E-state index contributed by atoms with van der Waals surface area (Å²) < 4.78 is 0.347. The Morgan fingerprint density at radius 1 is 1.24 bits per heavy atom. The van der Waals surface area contributed by atoms with Crippen LogP contribution >= 0.6 is 11.8 Å². The van der Waals surface area contributed by atoms with Crippen LogP contribution in [0.2, 0.25) is 0 Å². The van der Waals surface area contributed by atoms with Gasteiger partial charge < -0.3 is 10.4 Å². The van der Waals surface area contributed by atoms with E-state index in [9.17, 15) is 5.11 Å². The first-order valence-corrected chi connectivity index (χ1v) is 7.76. The van der Waals surface area contributed by atoms with Crippen molar-refractivity contribution in [2.45, 2.75) is 77.1 Å². The number of aliphatic hydroxyl groups excluding tert-OH is 1. The normalized spacial score (nSPS) is 16.2. The second-order valence-electron chi connectivity index (χ2n) is 6.16. The highest BCUT2D eigenvalue weighted by Gasteiger charge is 2.27. The van der Waals surface area contributed by atoms with Crippen LogP contribution in [-0.4, -0.2) is 33.8 Å². The molecule has 0 saturated carbocycles. The molecule has 104 valence electrons. The minimum atomic E-state index is -0.0768. The van der Waals surface area contributed by atoms with Crippen molar-refractivity contribution in [3.8, 4) is 0 Å². The second-order valence-corrected chi connectivity index (χ2v) is 8.08. The lowest BCUT2D eigenvalue weighted by Gasteiger charge is -2.34. The molecule has 0 saturated heterocycles. The van der Waals surface area contributed by atoms with Crippen LogP contribution in [0.1, 0.15) is 60.8 Å². The fourth-order valence-electron chi connectivity index (χ4n) is 1.99. The molecular formula is C14H31NOS. The van der Waals surface area contributed by atoms with Gasteiger partial charge >= 0.3 is 0 Å². The maximum absolute atomic E-state index is 9.62. The van der Waals surface area contributed by atoms with Gasteiger partial charge in [0.2, 0.25) is 0 Å². The topological polar surface area (TPSA) is 32.3 Å². The van der Waals surface area contributed by atoms with Crippen molar-refractivity contribution in [1.29, 1.82) is 0 Å². The van der Waals surface area contributed by atoms with E-state index in [4.69, 9.17) is 0 Å². The molecule has 2 N–H and O–H groups in total. The van der Waals surface area contributed by atoms with Gasteiger partial charge in [0.25, 0.3) is 0 Å². The van der Waals surface area contributed by atoms with Crippen LogP contribution in [0.15, 0.2) is 0 Å². The average molecular weight is 261 g/mol. The molecule has 0 aromatic heterocycles. The molecule has 17 heavy (non-hydrogen) atoms. The van der Waals surface area contributed by atoms with Crippen molar-refractivity contribution < 1.29 is 5.11 Å². The predicted octanol–water partition coefficient (Wildman–Crippen LogP) is 3.44. The Hall–Kier alpha value is 0.270. The highest BCUT2D eigenvalue weighted by Crippen LogP contribution is 2.26. The van der Waals surface area contributed by atoms with Crippen LogP contribution in [0.5, 0.6) is 0 Å². The summed E-state index contributed by atoms with van der Waals surface area (Å²) in [6, 6.07) is 0.428. The van der Waals surface area contributed by atoms with Gasteiger partial charge in [-0.15, -0.1) is 0 Å². The molecule has 1 unspecified atom stereocenters. The Morgan fingerprint density at radius 3 is 2.18 bits per heavy atom. The summed E-state index contributed by atoms with van der Waals surface area (Å²) in [5, 5.41) is 13.1. The van der Waals surface area contributed by atoms with Crippen LogP contribution in [0.4, 0.5) is 0 Å². The van der Waals surface area contributed by atoms with E-state index in [-0.39, 0.29) is 12.1 Å². The van der Waals surface area contributed by atoms with Crippen molar-refractivity contribution in [3.05, 3.63) is 0 Å². The van der Waals surface area contributed by atoms with Crippen molar-refractivity contribution >= 4 is 11.8 Å². The molecular weight excluding hydrogens is 230 g/mol. The molecule has 0 heterocycles. The van der Waals surface area contributed by atoms with Crippen LogP contribution in [0, 0.1) is 0 Å². The second kappa shape index (κ2) is 7.65. The van der Waals surface area contributed by atoms with Gasteiger partial charge in [0.05, 0.1) is 6.61 Å². The van der Waals surface area contributed by atoms with E-state index in [0.29, 0.717) is 10.8 Å². The smallest absolute Gasteiger partial charge is 0.0613 e. The summed E-state index contributed by atoms with van der Waals surface area (Å²) in [6.45, 7) is 13.4. The fourth-order valence-corrected chi connectivity index (χ4v) is 2.89. The zero-order valence-electron chi connectivity index (χ0n) is 12.5. The predicted molar refractivity (Wildman–Crippen MR) is 79.8 cm³/mol. The summed E-state index contributed by atoms with van der Waals surface area (Å²) in [7, 11) is 0. The lowest BCUT2D eigenvalue weighted by atomic mass is 9.91. The summed E-state index contributed by atoms with van der Waals surface area (Å²) in [4.78, 5) is 0. The van der Waals surface area contributed by atoms with E-state index in [2.05, 4.69) is 46.9 Å². The van der Waals surface area contributed by atoms with Crippen LogP contribution < -0.4 is 5.32 Å². The van der Waals surface area contributed by atoms with Crippen LogP contribution in [0.3, 0.4) is 0 Å². The lowest BCUT2D eigenvalue weighted by Crippen LogP contribution is -2.51. The minimum Gasteiger partial charge on any atom is -0.394 e. The van der Waals surface area contributed by atoms with Gasteiger partial charge in [-0.25, -0.2) is 0 Å². The van der Waals surface area contributed by atoms with Crippen molar-refractivity contribution in [2.24, 2.45) is 0 Å². The van der Waals surface area contributed by atoms with E-state index < -0.39 is 0 Å². The van der Waals surface area contributed by atoms with E-state index >= 15 is 0 Å². The van der Waals surface area contributed by atoms with E-state index in [0.717, 1.165) is 19.3 Å². The van der Waals surface area contributed by atoms with E-state index in [1.165, 1.54) is 5.75 Å². The van der Waals surface area contributed by atoms with Crippen LogP contribution in [-0.2, 0) is 0 Å². The average Bonchev–Trinajstić information content (AvgIpc) is 2.21. The first-order valence-electron chi connectivity index (χ1n) is 6.77. The number of rotatable bonds is 8. The van der Waals surface area contributed by atoms with Gasteiger partial charge in [-0.2, -0.15) is 11.8 Å². The Bertz CT molecular complexity index is 195. The summed E-state index contributed by atoms with van der Waals surface area (Å²) >= 11 is 2.00. The third-order valence-electron chi connectivity index (χ3n) is 2.91. The Labute approximate surface area is 112 Å². The van der Waals surface area contributed by atoms with Gasteiger partial charge in [0, 0.05) is 16.3 Å². The number of hydrogen-bond donors (Lipinski definition) is 2. The molecule has 0 bridgehead atoms. The van der Waals surface area contributed by atoms with Crippen molar-refractivity contribution in [3.63, 3.8) is 0 Å². The molecule has 0 spiro atoms. The summed E-state index contributed by atoms with van der Waals surface area (Å²) in [6.07, 6.45) is 3.21. The molecule has 3 heteroatoms. The highest BCUT2D eigenvalue weighted by atomic mass is 32.2. The highest BCUT2D eigenvalue weighted by molar-refractivity contribution is 8.00. The first kappa shape index (κ1) is 17.3. The van der Waals surface area contributed by atoms with E-state index in [1.807, 2.05) is 11.8 Å². The van der Waals surface area contributed by atoms with Gasteiger partial charge in [-0.1, -0.05) is 41.5 Å². The molecule has 0 aromatic carbocycles. The Balaban J connectivity index is 4.09. The molecule has 0 radical (unpaired) electrons. The molecule has 0 fully saturated rings. The molecule has 0 rings (SSSR count). The zero-order valence-corrected chi connectivity index (χ0v) is 13.3. The largest absolute Gasteiger partial charge is 0.394 e. The molecule has 1 atom stereocenters. The van der Waals surface area contributed by atoms with Crippen molar-refractivity contribution in [2.75, 3.05) is 12.4 Å². The number of hydrogen-bond acceptors (Lipinski definition) is 3. The number of thioether (sulfide) groups is 1. The monoisotopic (exact) mass is 261 g/mol. The minimum absolute atomic E-state index is 0.0768. The fraction of sp³-hybridized carbons (Fsp3) is 1.00. The SMILES string of the molecule is CCC(CO)(CCCSC(C)(C)C)NC(C)C. The molecule has 0 aliphatic rings. The number of aliphatic hydroxyl groups is 1. The number of nitrogens with one attached hydrogen (secondary N) is 1. The van der Waals surface area contributed by atoms with Gasteiger partial charge in [0.1, 0.15) is 0 Å². The van der Waals surface area contributed by atoms with E-state index in [1.54, 1.807) is 0 Å². The zero-order chi connectivity index (χ0) is 13.5. The molecule has 0 aliphatic carbocycles. The standard InChI is InChI=1S/C14H31NOS/c1-7-14(11-16,15-12(2)3)9-8-10-17-13(4,5)6/h12,15-16H,7-11H2,1-6H3. The molecule has 0 amide bonds.